The first kappa shape index (κ1) is 13.3. The number of nitrogens with zero attached hydrogens (tertiary/aromatic N) is 1. The van der Waals surface area contributed by atoms with Crippen LogP contribution in [0.25, 0.3) is 0 Å². The largest absolute Gasteiger partial charge is 0.351 e. The Balaban J connectivity index is 2.73. The second-order valence-corrected chi connectivity index (χ2v) is 5.26. The van der Waals surface area contributed by atoms with Crippen molar-refractivity contribution >= 4 is 21.8 Å². The molecule has 0 aromatic carbocycles. The van der Waals surface area contributed by atoms with E-state index < -0.39 is 0 Å². The maximum Gasteiger partial charge on any atom is 0.267 e. The molecule has 1 rings (SSSR count). The van der Waals surface area contributed by atoms with Gasteiger partial charge < -0.3 is 9.88 Å². The van der Waals surface area contributed by atoms with Crippen molar-refractivity contribution in [2.75, 3.05) is 6.54 Å². The first-order valence-corrected chi connectivity index (χ1v) is 6.47. The monoisotopic (exact) mass is 286 g/mol. The van der Waals surface area contributed by atoms with Gasteiger partial charge in [0.1, 0.15) is 5.69 Å². The standard InChI is InChI=1S/C12H19BrN2O/c1-4-5-15-8-10(13)6-11(15)12(16)14-7-9(2)3/h6,8-9H,4-5,7H2,1-3H3,(H,14,16). The van der Waals surface area contributed by atoms with Gasteiger partial charge in [0.25, 0.3) is 5.91 Å². The van der Waals surface area contributed by atoms with E-state index in [1.165, 1.54) is 0 Å². The van der Waals surface area contributed by atoms with Gasteiger partial charge in [0.05, 0.1) is 0 Å². The molecular formula is C12H19BrN2O. The summed E-state index contributed by atoms with van der Waals surface area (Å²) < 4.78 is 2.94. The molecule has 0 atom stereocenters. The molecule has 1 N–H and O–H groups in total. The fourth-order valence-corrected chi connectivity index (χ4v) is 1.94. The number of amides is 1. The number of carbonyl (C=O) groups excluding carboxylic acids is 1. The van der Waals surface area contributed by atoms with Gasteiger partial charge in [-0.15, -0.1) is 0 Å². The van der Waals surface area contributed by atoms with Crippen LogP contribution in [0.15, 0.2) is 16.7 Å². The van der Waals surface area contributed by atoms with E-state index in [0.29, 0.717) is 12.5 Å². The van der Waals surface area contributed by atoms with Crippen LogP contribution >= 0.6 is 15.9 Å². The summed E-state index contributed by atoms with van der Waals surface area (Å²) >= 11 is 3.40. The van der Waals surface area contributed by atoms with Crippen LogP contribution in [0.3, 0.4) is 0 Å². The lowest BCUT2D eigenvalue weighted by atomic mass is 10.2. The van der Waals surface area contributed by atoms with Crippen LogP contribution in [-0.2, 0) is 6.54 Å². The van der Waals surface area contributed by atoms with E-state index in [2.05, 4.69) is 42.0 Å². The van der Waals surface area contributed by atoms with Gasteiger partial charge in [0, 0.05) is 23.8 Å². The first-order chi connectivity index (χ1) is 7.54. The van der Waals surface area contributed by atoms with Gasteiger partial charge in [-0.2, -0.15) is 0 Å². The highest BCUT2D eigenvalue weighted by Gasteiger charge is 2.12. The summed E-state index contributed by atoms with van der Waals surface area (Å²) in [6, 6.07) is 1.87. The molecule has 0 bridgehead atoms. The van der Waals surface area contributed by atoms with Crippen molar-refractivity contribution in [3.05, 3.63) is 22.4 Å². The summed E-state index contributed by atoms with van der Waals surface area (Å²) in [6.45, 7) is 7.86. The van der Waals surface area contributed by atoms with Gasteiger partial charge in [-0.25, -0.2) is 0 Å². The minimum Gasteiger partial charge on any atom is -0.351 e. The van der Waals surface area contributed by atoms with Crippen molar-refractivity contribution in [1.82, 2.24) is 9.88 Å². The molecule has 0 aliphatic rings. The number of halogens is 1. The Morgan fingerprint density at radius 1 is 1.56 bits per heavy atom. The number of carbonyl (C=O) groups is 1. The fraction of sp³-hybridized carbons (Fsp3) is 0.583. The van der Waals surface area contributed by atoms with Crippen LogP contribution in [0.2, 0.25) is 0 Å². The number of aryl methyl sites for hydroxylation is 1. The molecule has 1 heterocycles. The summed E-state index contributed by atoms with van der Waals surface area (Å²) in [4.78, 5) is 11.9. The van der Waals surface area contributed by atoms with E-state index in [1.54, 1.807) is 0 Å². The van der Waals surface area contributed by atoms with E-state index in [1.807, 2.05) is 16.8 Å². The van der Waals surface area contributed by atoms with Crippen molar-refractivity contribution in [2.24, 2.45) is 5.92 Å². The zero-order chi connectivity index (χ0) is 12.1. The molecule has 0 radical (unpaired) electrons. The quantitative estimate of drug-likeness (QED) is 0.887. The van der Waals surface area contributed by atoms with E-state index >= 15 is 0 Å². The Hall–Kier alpha value is -0.770. The maximum atomic E-state index is 11.9. The van der Waals surface area contributed by atoms with Crippen molar-refractivity contribution in [3.8, 4) is 0 Å². The summed E-state index contributed by atoms with van der Waals surface area (Å²) in [5.74, 6) is 0.481. The number of hydrogen-bond donors (Lipinski definition) is 1. The minimum absolute atomic E-state index is 0.00727. The minimum atomic E-state index is 0.00727. The molecule has 0 spiro atoms. The lowest BCUT2D eigenvalue weighted by Crippen LogP contribution is -2.29. The van der Waals surface area contributed by atoms with E-state index in [4.69, 9.17) is 0 Å². The van der Waals surface area contributed by atoms with Crippen molar-refractivity contribution in [2.45, 2.75) is 33.7 Å². The SMILES string of the molecule is CCCn1cc(Br)cc1C(=O)NCC(C)C. The Morgan fingerprint density at radius 2 is 2.25 bits per heavy atom. The second kappa shape index (κ2) is 6.09. The average Bonchev–Trinajstić information content (AvgIpc) is 2.56. The van der Waals surface area contributed by atoms with Gasteiger partial charge in [0.2, 0.25) is 0 Å². The van der Waals surface area contributed by atoms with Crippen LogP contribution < -0.4 is 5.32 Å². The number of aromatic nitrogens is 1. The summed E-state index contributed by atoms with van der Waals surface area (Å²) in [6.07, 6.45) is 2.97. The molecule has 3 nitrogen and oxygen atoms in total. The topological polar surface area (TPSA) is 34.0 Å². The molecule has 1 aromatic rings. The predicted molar refractivity (Wildman–Crippen MR) is 69.6 cm³/mol. The van der Waals surface area contributed by atoms with Crippen LogP contribution in [0.4, 0.5) is 0 Å². The number of hydrogen-bond acceptors (Lipinski definition) is 1. The Kier molecular flexibility index (Phi) is 5.06. The number of rotatable bonds is 5. The molecule has 0 fully saturated rings. The highest BCUT2D eigenvalue weighted by atomic mass is 79.9. The molecule has 1 amide bonds. The lowest BCUT2D eigenvalue weighted by Gasteiger charge is -2.10. The molecule has 0 saturated heterocycles. The third kappa shape index (κ3) is 3.67. The highest BCUT2D eigenvalue weighted by molar-refractivity contribution is 9.10. The van der Waals surface area contributed by atoms with Crippen LogP contribution in [0.5, 0.6) is 0 Å². The summed E-state index contributed by atoms with van der Waals surface area (Å²) in [5, 5.41) is 2.93. The smallest absolute Gasteiger partial charge is 0.267 e. The van der Waals surface area contributed by atoms with Crippen molar-refractivity contribution in [3.63, 3.8) is 0 Å². The molecule has 1 aromatic heterocycles. The fourth-order valence-electron chi connectivity index (χ4n) is 1.48. The van der Waals surface area contributed by atoms with Crippen LogP contribution in [-0.4, -0.2) is 17.0 Å². The maximum absolute atomic E-state index is 11.9. The van der Waals surface area contributed by atoms with Crippen molar-refractivity contribution in [1.29, 1.82) is 0 Å². The Morgan fingerprint density at radius 3 is 2.81 bits per heavy atom. The molecular weight excluding hydrogens is 268 g/mol. The third-order valence-electron chi connectivity index (χ3n) is 2.23. The third-order valence-corrected chi connectivity index (χ3v) is 2.66. The Labute approximate surface area is 105 Å². The molecule has 90 valence electrons. The molecule has 0 aliphatic carbocycles. The van der Waals surface area contributed by atoms with E-state index in [-0.39, 0.29) is 5.91 Å². The molecule has 0 unspecified atom stereocenters. The highest BCUT2D eigenvalue weighted by Crippen LogP contribution is 2.15. The van der Waals surface area contributed by atoms with Gasteiger partial charge in [-0.3, -0.25) is 4.79 Å². The van der Waals surface area contributed by atoms with Crippen molar-refractivity contribution < 1.29 is 4.79 Å². The predicted octanol–water partition coefficient (Wildman–Crippen LogP) is 3.05. The molecule has 0 aliphatic heterocycles. The second-order valence-electron chi connectivity index (χ2n) is 4.34. The average molecular weight is 287 g/mol. The Bertz CT molecular complexity index is 358. The van der Waals surface area contributed by atoms with Crippen LogP contribution in [0.1, 0.15) is 37.7 Å². The number of nitrogens with one attached hydrogen (secondary N) is 1. The summed E-state index contributed by atoms with van der Waals surface area (Å²) in [7, 11) is 0. The molecule has 16 heavy (non-hydrogen) atoms. The van der Waals surface area contributed by atoms with Gasteiger partial charge in [-0.1, -0.05) is 20.8 Å². The zero-order valence-corrected chi connectivity index (χ0v) is 11.7. The van der Waals surface area contributed by atoms with Gasteiger partial charge >= 0.3 is 0 Å². The van der Waals surface area contributed by atoms with Gasteiger partial charge in [-0.05, 0) is 34.3 Å². The van der Waals surface area contributed by atoms with Crippen LogP contribution in [0, 0.1) is 5.92 Å². The van der Waals surface area contributed by atoms with E-state index in [0.717, 1.165) is 23.1 Å². The first-order valence-electron chi connectivity index (χ1n) is 5.68. The molecule has 0 saturated carbocycles. The normalized spacial score (nSPS) is 10.8. The molecule has 4 heteroatoms. The lowest BCUT2D eigenvalue weighted by molar-refractivity contribution is 0.0939. The zero-order valence-electron chi connectivity index (χ0n) is 10.1. The van der Waals surface area contributed by atoms with E-state index in [9.17, 15) is 4.79 Å². The summed E-state index contributed by atoms with van der Waals surface area (Å²) in [5.41, 5.74) is 0.731. The van der Waals surface area contributed by atoms with Gasteiger partial charge in [0.15, 0.2) is 0 Å².